The quantitative estimate of drug-likeness (QED) is 0.470. The average molecular weight is 299 g/mol. The van der Waals surface area contributed by atoms with Gasteiger partial charge < -0.3 is 5.32 Å². The van der Waals surface area contributed by atoms with E-state index in [0.29, 0.717) is 0 Å². The molecule has 0 saturated heterocycles. The Kier molecular flexibility index (Phi) is 6.45. The van der Waals surface area contributed by atoms with Crippen molar-refractivity contribution in [2.75, 3.05) is 0 Å². The second-order valence-electron chi connectivity index (χ2n) is 4.79. The SMILES string of the molecule is CCCCC[C@H](C)NC(=O)c1ccc([N+](=O)[O-])cc1Cl. The van der Waals surface area contributed by atoms with Gasteiger partial charge in [0.2, 0.25) is 0 Å². The van der Waals surface area contributed by atoms with Gasteiger partial charge >= 0.3 is 0 Å². The number of nitro benzene ring substituents is 1. The van der Waals surface area contributed by atoms with Gasteiger partial charge in [-0.15, -0.1) is 0 Å². The van der Waals surface area contributed by atoms with Crippen molar-refractivity contribution < 1.29 is 9.72 Å². The van der Waals surface area contributed by atoms with E-state index in [0.717, 1.165) is 25.7 Å². The fraction of sp³-hybridized carbons (Fsp3) is 0.500. The summed E-state index contributed by atoms with van der Waals surface area (Å²) in [6.45, 7) is 4.06. The van der Waals surface area contributed by atoms with Crippen LogP contribution in [-0.4, -0.2) is 16.9 Å². The first-order valence-corrected chi connectivity index (χ1v) is 7.08. The molecule has 0 aliphatic rings. The molecule has 0 saturated carbocycles. The number of nitrogens with zero attached hydrogens (tertiary/aromatic N) is 1. The fourth-order valence-corrected chi connectivity index (χ4v) is 2.14. The number of unbranched alkanes of at least 4 members (excludes halogenated alkanes) is 2. The first-order valence-electron chi connectivity index (χ1n) is 6.70. The van der Waals surface area contributed by atoms with Gasteiger partial charge in [-0.1, -0.05) is 37.8 Å². The number of non-ortho nitro benzene ring substituents is 1. The van der Waals surface area contributed by atoms with E-state index >= 15 is 0 Å². The Hall–Kier alpha value is -1.62. The molecule has 0 aliphatic carbocycles. The zero-order valence-corrected chi connectivity index (χ0v) is 12.4. The molecule has 0 bridgehead atoms. The van der Waals surface area contributed by atoms with E-state index in [1.165, 1.54) is 18.2 Å². The van der Waals surface area contributed by atoms with Crippen molar-refractivity contribution in [3.63, 3.8) is 0 Å². The molecule has 0 unspecified atom stereocenters. The van der Waals surface area contributed by atoms with Crippen LogP contribution < -0.4 is 5.32 Å². The Labute approximate surface area is 123 Å². The molecule has 1 aromatic carbocycles. The van der Waals surface area contributed by atoms with Crippen molar-refractivity contribution >= 4 is 23.2 Å². The van der Waals surface area contributed by atoms with Crippen LogP contribution in [0, 0.1) is 10.1 Å². The lowest BCUT2D eigenvalue weighted by Gasteiger charge is -2.14. The first kappa shape index (κ1) is 16.4. The molecule has 110 valence electrons. The Morgan fingerprint density at radius 3 is 2.70 bits per heavy atom. The third-order valence-electron chi connectivity index (χ3n) is 3.03. The van der Waals surface area contributed by atoms with Crippen molar-refractivity contribution in [1.29, 1.82) is 0 Å². The lowest BCUT2D eigenvalue weighted by atomic mass is 10.1. The molecule has 0 fully saturated rings. The van der Waals surface area contributed by atoms with Crippen LogP contribution in [-0.2, 0) is 0 Å². The number of hydrogen-bond donors (Lipinski definition) is 1. The summed E-state index contributed by atoms with van der Waals surface area (Å²) in [5, 5.41) is 13.6. The molecular weight excluding hydrogens is 280 g/mol. The topological polar surface area (TPSA) is 72.2 Å². The van der Waals surface area contributed by atoms with Crippen molar-refractivity contribution in [1.82, 2.24) is 5.32 Å². The Bertz CT molecular complexity index is 491. The molecule has 0 aliphatic heterocycles. The lowest BCUT2D eigenvalue weighted by Crippen LogP contribution is -2.32. The Morgan fingerprint density at radius 1 is 1.45 bits per heavy atom. The van der Waals surface area contributed by atoms with E-state index < -0.39 is 4.92 Å². The molecule has 0 heterocycles. The van der Waals surface area contributed by atoms with Crippen LogP contribution >= 0.6 is 11.6 Å². The van der Waals surface area contributed by atoms with Gasteiger partial charge in [-0.3, -0.25) is 14.9 Å². The van der Waals surface area contributed by atoms with Crippen molar-refractivity contribution in [3.8, 4) is 0 Å². The van der Waals surface area contributed by atoms with E-state index in [4.69, 9.17) is 11.6 Å². The van der Waals surface area contributed by atoms with Crippen molar-refractivity contribution in [2.24, 2.45) is 0 Å². The summed E-state index contributed by atoms with van der Waals surface area (Å²) in [4.78, 5) is 22.1. The van der Waals surface area contributed by atoms with Gasteiger partial charge in [-0.2, -0.15) is 0 Å². The van der Waals surface area contributed by atoms with Crippen LogP contribution in [0.3, 0.4) is 0 Å². The number of halogens is 1. The summed E-state index contributed by atoms with van der Waals surface area (Å²) in [5.74, 6) is -0.297. The summed E-state index contributed by atoms with van der Waals surface area (Å²) in [6.07, 6.45) is 4.24. The standard InChI is InChI=1S/C14H19ClN2O3/c1-3-4-5-6-10(2)16-14(18)12-8-7-11(17(19)20)9-13(12)15/h7-10H,3-6H2,1-2H3,(H,16,18)/t10-/m0/s1. The van der Waals surface area contributed by atoms with Crippen LogP contribution in [0.5, 0.6) is 0 Å². The first-order chi connectivity index (χ1) is 9.45. The minimum Gasteiger partial charge on any atom is -0.350 e. The molecule has 1 aromatic rings. The maximum Gasteiger partial charge on any atom is 0.270 e. The molecule has 20 heavy (non-hydrogen) atoms. The zero-order valence-electron chi connectivity index (χ0n) is 11.7. The predicted octanol–water partition coefficient (Wildman–Crippen LogP) is 3.95. The van der Waals surface area contributed by atoms with Gasteiger partial charge in [-0.25, -0.2) is 0 Å². The highest BCUT2D eigenvalue weighted by atomic mass is 35.5. The molecular formula is C14H19ClN2O3. The van der Waals surface area contributed by atoms with Crippen LogP contribution in [0.2, 0.25) is 5.02 Å². The summed E-state index contributed by atoms with van der Waals surface area (Å²) in [7, 11) is 0. The molecule has 5 nitrogen and oxygen atoms in total. The normalized spacial score (nSPS) is 11.9. The van der Waals surface area contributed by atoms with Gasteiger partial charge in [0, 0.05) is 18.2 Å². The highest BCUT2D eigenvalue weighted by molar-refractivity contribution is 6.34. The number of hydrogen-bond acceptors (Lipinski definition) is 3. The zero-order chi connectivity index (χ0) is 15.1. The van der Waals surface area contributed by atoms with Gasteiger partial charge in [0.25, 0.3) is 11.6 Å². The number of amides is 1. The van der Waals surface area contributed by atoms with E-state index in [2.05, 4.69) is 12.2 Å². The smallest absolute Gasteiger partial charge is 0.270 e. The predicted molar refractivity (Wildman–Crippen MR) is 79.2 cm³/mol. The van der Waals surface area contributed by atoms with Crippen LogP contribution in [0.1, 0.15) is 49.9 Å². The number of carbonyl (C=O) groups excluding carboxylic acids is 1. The average Bonchev–Trinajstić information content (AvgIpc) is 2.38. The third kappa shape index (κ3) is 4.81. The lowest BCUT2D eigenvalue weighted by molar-refractivity contribution is -0.384. The monoisotopic (exact) mass is 298 g/mol. The number of carbonyl (C=O) groups is 1. The van der Waals surface area contributed by atoms with Crippen LogP contribution in [0.15, 0.2) is 18.2 Å². The molecule has 0 radical (unpaired) electrons. The second kappa shape index (κ2) is 7.85. The Morgan fingerprint density at radius 2 is 2.15 bits per heavy atom. The molecule has 0 aromatic heterocycles. The molecule has 1 rings (SSSR count). The van der Waals surface area contributed by atoms with Gasteiger partial charge in [0.15, 0.2) is 0 Å². The highest BCUT2D eigenvalue weighted by Gasteiger charge is 2.16. The molecule has 1 atom stereocenters. The fourth-order valence-electron chi connectivity index (χ4n) is 1.88. The number of nitrogens with one attached hydrogen (secondary N) is 1. The molecule has 6 heteroatoms. The minimum absolute atomic E-state index is 0.0558. The highest BCUT2D eigenvalue weighted by Crippen LogP contribution is 2.22. The molecule has 0 spiro atoms. The van der Waals surface area contributed by atoms with Gasteiger partial charge in [0.1, 0.15) is 0 Å². The van der Waals surface area contributed by atoms with E-state index in [-0.39, 0.29) is 28.2 Å². The largest absolute Gasteiger partial charge is 0.350 e. The number of nitro groups is 1. The van der Waals surface area contributed by atoms with Crippen LogP contribution in [0.4, 0.5) is 5.69 Å². The molecule has 1 amide bonds. The number of rotatable bonds is 7. The van der Waals surface area contributed by atoms with Gasteiger partial charge in [0.05, 0.1) is 15.5 Å². The van der Waals surface area contributed by atoms with Crippen LogP contribution in [0.25, 0.3) is 0 Å². The van der Waals surface area contributed by atoms with E-state index in [9.17, 15) is 14.9 Å². The summed E-state index contributed by atoms with van der Waals surface area (Å²) in [5.41, 5.74) is 0.141. The summed E-state index contributed by atoms with van der Waals surface area (Å²) in [6, 6.07) is 3.91. The maximum atomic E-state index is 12.0. The maximum absolute atomic E-state index is 12.0. The Balaban J connectivity index is 2.65. The summed E-state index contributed by atoms with van der Waals surface area (Å²) >= 11 is 5.91. The third-order valence-corrected chi connectivity index (χ3v) is 3.34. The van der Waals surface area contributed by atoms with Crippen molar-refractivity contribution in [3.05, 3.63) is 38.9 Å². The van der Waals surface area contributed by atoms with E-state index in [1.807, 2.05) is 6.92 Å². The summed E-state index contributed by atoms with van der Waals surface area (Å²) < 4.78 is 0. The van der Waals surface area contributed by atoms with E-state index in [1.54, 1.807) is 0 Å². The number of benzene rings is 1. The molecule has 1 N–H and O–H groups in total. The van der Waals surface area contributed by atoms with Gasteiger partial charge in [-0.05, 0) is 19.4 Å². The second-order valence-corrected chi connectivity index (χ2v) is 5.20. The van der Waals surface area contributed by atoms with Crippen molar-refractivity contribution in [2.45, 2.75) is 45.6 Å². The minimum atomic E-state index is -0.541.